The molecule has 1 aliphatic rings. The minimum absolute atomic E-state index is 0.329. The van der Waals surface area contributed by atoms with Crippen LogP contribution in [0.1, 0.15) is 65.2 Å². The molecule has 0 fully saturated rings. The number of carbonyl (C=O) groups is 2. The van der Waals surface area contributed by atoms with Crippen LogP contribution in [0, 0.1) is 0 Å². The smallest absolute Gasteiger partial charge is 0.250 e. The number of imide groups is 1. The summed E-state index contributed by atoms with van der Waals surface area (Å²) in [6, 6.07) is 0. The number of nitrogens with one attached hydrogen (secondary N) is 1. The molecule has 0 saturated heterocycles. The summed E-state index contributed by atoms with van der Waals surface area (Å²) in [5, 5.41) is 2.03. The van der Waals surface area contributed by atoms with Crippen molar-refractivity contribution in [3.8, 4) is 0 Å². The molecule has 3 heteroatoms. The molecule has 0 unspecified atom stereocenters. The molecular weight excluding hydrogens is 214 g/mol. The molecule has 1 rings (SSSR count). The zero-order valence-corrected chi connectivity index (χ0v) is 11.1. The molecule has 0 atom stereocenters. The summed E-state index contributed by atoms with van der Waals surface area (Å²) in [5.74, 6) is -0.657. The Morgan fingerprint density at radius 1 is 0.765 bits per heavy atom. The van der Waals surface area contributed by atoms with Gasteiger partial charge in [0.05, 0.1) is 0 Å². The number of hydrogen-bond acceptors (Lipinski definition) is 2. The van der Waals surface area contributed by atoms with Gasteiger partial charge in [-0.05, 0) is 0 Å². The van der Waals surface area contributed by atoms with Crippen LogP contribution in [-0.4, -0.2) is 11.8 Å². The summed E-state index contributed by atoms with van der Waals surface area (Å²) in [5.41, 5.74) is 0. The van der Waals surface area contributed by atoms with E-state index in [0.717, 1.165) is 0 Å². The van der Waals surface area contributed by atoms with Crippen molar-refractivity contribution in [1.82, 2.24) is 5.32 Å². The number of hydrogen-bond donors (Lipinski definition) is 1. The van der Waals surface area contributed by atoms with E-state index in [1.165, 1.54) is 63.5 Å². The Kier molecular flexibility index (Phi) is 10.6. The molecule has 0 aliphatic carbocycles. The average Bonchev–Trinajstić information content (AvgIpc) is 2.68. The van der Waals surface area contributed by atoms with E-state index in [9.17, 15) is 9.59 Å². The fourth-order valence-corrected chi connectivity index (χ4v) is 1.56. The Morgan fingerprint density at radius 2 is 1.12 bits per heavy atom. The van der Waals surface area contributed by atoms with Gasteiger partial charge in [-0.2, -0.15) is 0 Å². The quantitative estimate of drug-likeness (QED) is 0.547. The van der Waals surface area contributed by atoms with Crippen molar-refractivity contribution >= 4 is 11.8 Å². The van der Waals surface area contributed by atoms with Crippen LogP contribution in [0.15, 0.2) is 12.2 Å². The summed E-state index contributed by atoms with van der Waals surface area (Å²) in [6.07, 6.45) is 13.9. The zero-order chi connectivity index (χ0) is 12.9. The highest BCUT2D eigenvalue weighted by atomic mass is 16.2. The van der Waals surface area contributed by atoms with E-state index < -0.39 is 0 Å². The molecule has 1 N–H and O–H groups in total. The molecule has 17 heavy (non-hydrogen) atoms. The largest absolute Gasteiger partial charge is 0.289 e. The molecule has 0 aromatic rings. The molecule has 1 aliphatic heterocycles. The van der Waals surface area contributed by atoms with Crippen molar-refractivity contribution in [2.75, 3.05) is 0 Å². The van der Waals surface area contributed by atoms with Gasteiger partial charge in [-0.3, -0.25) is 14.9 Å². The van der Waals surface area contributed by atoms with Gasteiger partial charge in [-0.25, -0.2) is 0 Å². The van der Waals surface area contributed by atoms with Crippen LogP contribution in [0.2, 0.25) is 0 Å². The number of rotatable bonds is 7. The van der Waals surface area contributed by atoms with Gasteiger partial charge in [0.15, 0.2) is 0 Å². The molecule has 2 amide bonds. The van der Waals surface area contributed by atoms with Gasteiger partial charge in [0, 0.05) is 12.2 Å². The van der Waals surface area contributed by atoms with E-state index in [1.807, 2.05) is 5.32 Å². The van der Waals surface area contributed by atoms with Crippen LogP contribution in [0.3, 0.4) is 0 Å². The maximum absolute atomic E-state index is 10.0. The maximum atomic E-state index is 10.0. The Balaban J connectivity index is 0.000000318. The SMILES string of the molecule is CCCCCCCCCC.O=C1C=CC(=O)N1. The molecule has 0 radical (unpaired) electrons. The Morgan fingerprint density at radius 3 is 1.35 bits per heavy atom. The van der Waals surface area contributed by atoms with Gasteiger partial charge in [-0.15, -0.1) is 0 Å². The molecule has 0 saturated carbocycles. The number of unbranched alkanes of at least 4 members (excludes halogenated alkanes) is 7. The summed E-state index contributed by atoms with van der Waals surface area (Å²) < 4.78 is 0. The Bertz CT molecular complexity index is 223. The van der Waals surface area contributed by atoms with Crippen molar-refractivity contribution in [1.29, 1.82) is 0 Å². The van der Waals surface area contributed by atoms with Crippen LogP contribution >= 0.6 is 0 Å². The fraction of sp³-hybridized carbons (Fsp3) is 0.714. The predicted octanol–water partition coefficient (Wildman–Crippen LogP) is 3.35. The molecule has 98 valence electrons. The van der Waals surface area contributed by atoms with Gasteiger partial charge in [0.1, 0.15) is 0 Å². The Hall–Kier alpha value is -1.12. The van der Waals surface area contributed by atoms with E-state index >= 15 is 0 Å². The minimum Gasteiger partial charge on any atom is -0.289 e. The van der Waals surface area contributed by atoms with Gasteiger partial charge < -0.3 is 0 Å². The van der Waals surface area contributed by atoms with Crippen LogP contribution in [0.4, 0.5) is 0 Å². The first-order valence-corrected chi connectivity index (χ1v) is 6.73. The lowest BCUT2D eigenvalue weighted by molar-refractivity contribution is -0.123. The van der Waals surface area contributed by atoms with Crippen LogP contribution < -0.4 is 5.32 Å². The zero-order valence-electron chi connectivity index (χ0n) is 11.1. The third kappa shape index (κ3) is 11.1. The lowest BCUT2D eigenvalue weighted by atomic mass is 10.1. The van der Waals surface area contributed by atoms with E-state index in [-0.39, 0.29) is 11.8 Å². The molecule has 3 nitrogen and oxygen atoms in total. The lowest BCUT2D eigenvalue weighted by Crippen LogP contribution is -2.19. The maximum Gasteiger partial charge on any atom is 0.250 e. The molecular formula is C14H25NO2. The summed E-state index contributed by atoms with van der Waals surface area (Å²) >= 11 is 0. The van der Waals surface area contributed by atoms with E-state index in [2.05, 4.69) is 13.8 Å². The van der Waals surface area contributed by atoms with Crippen molar-refractivity contribution in [3.05, 3.63) is 12.2 Å². The second kappa shape index (κ2) is 11.4. The van der Waals surface area contributed by atoms with Gasteiger partial charge in [-0.1, -0.05) is 65.2 Å². The highest BCUT2D eigenvalue weighted by Gasteiger charge is 2.06. The number of amides is 2. The lowest BCUT2D eigenvalue weighted by Gasteiger charge is -1.97. The third-order valence-corrected chi connectivity index (χ3v) is 2.59. The molecule has 0 aromatic heterocycles. The second-order valence-electron chi connectivity index (χ2n) is 4.31. The van der Waals surface area contributed by atoms with E-state index in [1.54, 1.807) is 0 Å². The summed E-state index contributed by atoms with van der Waals surface area (Å²) in [4.78, 5) is 20.1. The van der Waals surface area contributed by atoms with Crippen molar-refractivity contribution in [2.45, 2.75) is 65.2 Å². The molecule has 0 bridgehead atoms. The molecule has 0 aromatic carbocycles. The van der Waals surface area contributed by atoms with Crippen molar-refractivity contribution < 1.29 is 9.59 Å². The third-order valence-electron chi connectivity index (χ3n) is 2.59. The topological polar surface area (TPSA) is 46.2 Å². The monoisotopic (exact) mass is 239 g/mol. The highest BCUT2D eigenvalue weighted by Crippen LogP contribution is 2.07. The van der Waals surface area contributed by atoms with Crippen LogP contribution in [0.5, 0.6) is 0 Å². The first-order valence-electron chi connectivity index (χ1n) is 6.73. The van der Waals surface area contributed by atoms with Crippen molar-refractivity contribution in [3.63, 3.8) is 0 Å². The fourth-order valence-electron chi connectivity index (χ4n) is 1.56. The molecule has 1 heterocycles. The van der Waals surface area contributed by atoms with Crippen LogP contribution in [0.25, 0.3) is 0 Å². The number of carbonyl (C=O) groups excluding carboxylic acids is 2. The minimum atomic E-state index is -0.329. The normalized spacial score (nSPS) is 13.3. The van der Waals surface area contributed by atoms with E-state index in [4.69, 9.17) is 0 Å². The standard InChI is InChI=1S/C10H22.C4H3NO2/c1-3-5-7-9-10-8-6-4-2;6-3-1-2-4(7)5-3/h3-10H2,1-2H3;1-2H,(H,5,6,7). The predicted molar refractivity (Wildman–Crippen MR) is 70.6 cm³/mol. The van der Waals surface area contributed by atoms with Crippen LogP contribution in [-0.2, 0) is 9.59 Å². The second-order valence-corrected chi connectivity index (χ2v) is 4.31. The van der Waals surface area contributed by atoms with Crippen molar-refractivity contribution in [2.24, 2.45) is 0 Å². The summed E-state index contributed by atoms with van der Waals surface area (Å²) in [7, 11) is 0. The average molecular weight is 239 g/mol. The molecule has 0 spiro atoms. The first kappa shape index (κ1) is 15.9. The highest BCUT2D eigenvalue weighted by molar-refractivity contribution is 6.12. The van der Waals surface area contributed by atoms with Gasteiger partial charge in [0.2, 0.25) is 0 Å². The summed E-state index contributed by atoms with van der Waals surface area (Å²) in [6.45, 7) is 4.54. The van der Waals surface area contributed by atoms with Gasteiger partial charge in [0.25, 0.3) is 11.8 Å². The Labute approximate surface area is 105 Å². The van der Waals surface area contributed by atoms with E-state index in [0.29, 0.717) is 0 Å². The first-order chi connectivity index (χ1) is 8.20. The van der Waals surface area contributed by atoms with Gasteiger partial charge >= 0.3 is 0 Å².